The Bertz CT molecular complexity index is 135. The van der Waals surface area contributed by atoms with Crippen LogP contribution in [0.2, 0.25) is 0 Å². The van der Waals surface area contributed by atoms with E-state index >= 15 is 0 Å². The van der Waals surface area contributed by atoms with Gasteiger partial charge in [-0.1, -0.05) is 0 Å². The standard InChI is InChI=1S/C10H18O2/c1-4-5-6-7-10(11)8-12-9(2)3/h1,9-11H,5-8H2,2-3H3. The second kappa shape index (κ2) is 7.15. The van der Waals surface area contributed by atoms with Crippen LogP contribution in [0.15, 0.2) is 0 Å². The average molecular weight is 170 g/mol. The molecule has 12 heavy (non-hydrogen) atoms. The van der Waals surface area contributed by atoms with E-state index in [2.05, 4.69) is 5.92 Å². The first-order valence-electron chi connectivity index (χ1n) is 4.40. The van der Waals surface area contributed by atoms with Crippen molar-refractivity contribution in [3.63, 3.8) is 0 Å². The third-order valence-electron chi connectivity index (χ3n) is 1.48. The molecule has 0 aliphatic heterocycles. The molecule has 1 atom stereocenters. The summed E-state index contributed by atoms with van der Waals surface area (Å²) in [5.41, 5.74) is 0. The predicted molar refractivity (Wildman–Crippen MR) is 49.8 cm³/mol. The molecule has 0 aromatic heterocycles. The zero-order valence-corrected chi connectivity index (χ0v) is 7.92. The monoisotopic (exact) mass is 170 g/mol. The number of hydrogen-bond donors (Lipinski definition) is 1. The molecule has 0 aromatic carbocycles. The molecule has 0 bridgehead atoms. The molecule has 0 aliphatic carbocycles. The van der Waals surface area contributed by atoms with Crippen LogP contribution in [0.4, 0.5) is 0 Å². The van der Waals surface area contributed by atoms with Gasteiger partial charge in [-0.05, 0) is 26.7 Å². The Morgan fingerprint density at radius 3 is 2.67 bits per heavy atom. The highest BCUT2D eigenvalue weighted by Gasteiger charge is 2.04. The normalized spacial score (nSPS) is 12.9. The molecule has 0 amide bonds. The van der Waals surface area contributed by atoms with Gasteiger partial charge in [0.2, 0.25) is 0 Å². The second-order valence-corrected chi connectivity index (χ2v) is 3.13. The summed E-state index contributed by atoms with van der Waals surface area (Å²) in [6, 6.07) is 0. The summed E-state index contributed by atoms with van der Waals surface area (Å²) in [7, 11) is 0. The fourth-order valence-electron chi connectivity index (χ4n) is 0.827. The number of unbranched alkanes of at least 4 members (excludes halogenated alkanes) is 1. The van der Waals surface area contributed by atoms with Gasteiger partial charge in [0.15, 0.2) is 0 Å². The van der Waals surface area contributed by atoms with E-state index < -0.39 is 0 Å². The molecule has 2 nitrogen and oxygen atoms in total. The lowest BCUT2D eigenvalue weighted by molar-refractivity contribution is 0.00216. The summed E-state index contributed by atoms with van der Waals surface area (Å²) < 4.78 is 5.23. The Morgan fingerprint density at radius 2 is 2.17 bits per heavy atom. The Morgan fingerprint density at radius 1 is 1.50 bits per heavy atom. The first kappa shape index (κ1) is 11.5. The Balaban J connectivity index is 3.22. The summed E-state index contributed by atoms with van der Waals surface area (Å²) in [5.74, 6) is 2.54. The van der Waals surface area contributed by atoms with Crippen LogP contribution in [-0.2, 0) is 4.74 Å². The summed E-state index contributed by atoms with van der Waals surface area (Å²) in [6.07, 6.45) is 7.24. The van der Waals surface area contributed by atoms with Gasteiger partial charge in [0, 0.05) is 6.42 Å². The highest BCUT2D eigenvalue weighted by molar-refractivity contribution is 4.83. The third-order valence-corrected chi connectivity index (χ3v) is 1.48. The van der Waals surface area contributed by atoms with E-state index in [0.717, 1.165) is 19.3 Å². The van der Waals surface area contributed by atoms with Gasteiger partial charge in [-0.25, -0.2) is 0 Å². The summed E-state index contributed by atoms with van der Waals surface area (Å²) >= 11 is 0. The molecule has 1 unspecified atom stereocenters. The number of terminal acetylenes is 1. The number of hydrogen-bond acceptors (Lipinski definition) is 2. The number of rotatable bonds is 6. The van der Waals surface area contributed by atoms with Gasteiger partial charge in [0.25, 0.3) is 0 Å². The van der Waals surface area contributed by atoms with E-state index in [9.17, 15) is 5.11 Å². The molecule has 70 valence electrons. The van der Waals surface area contributed by atoms with Gasteiger partial charge >= 0.3 is 0 Å². The molecule has 0 heterocycles. The van der Waals surface area contributed by atoms with E-state index in [1.54, 1.807) is 0 Å². The number of aliphatic hydroxyl groups is 1. The van der Waals surface area contributed by atoms with E-state index in [1.165, 1.54) is 0 Å². The SMILES string of the molecule is C#CCCCC(O)COC(C)C. The molecule has 0 saturated carbocycles. The van der Waals surface area contributed by atoms with Crippen LogP contribution in [0, 0.1) is 12.3 Å². The Hall–Kier alpha value is -0.520. The summed E-state index contributed by atoms with van der Waals surface area (Å²) in [6.45, 7) is 4.32. The van der Waals surface area contributed by atoms with E-state index in [0.29, 0.717) is 6.61 Å². The fourth-order valence-corrected chi connectivity index (χ4v) is 0.827. The molecule has 1 N–H and O–H groups in total. The zero-order valence-electron chi connectivity index (χ0n) is 7.92. The van der Waals surface area contributed by atoms with Gasteiger partial charge in [-0.15, -0.1) is 12.3 Å². The third kappa shape index (κ3) is 7.59. The predicted octanol–water partition coefficient (Wildman–Crippen LogP) is 1.58. The minimum Gasteiger partial charge on any atom is -0.391 e. The van der Waals surface area contributed by atoms with Crippen molar-refractivity contribution in [2.75, 3.05) is 6.61 Å². The highest BCUT2D eigenvalue weighted by atomic mass is 16.5. The van der Waals surface area contributed by atoms with Crippen molar-refractivity contribution in [2.45, 2.75) is 45.3 Å². The maximum atomic E-state index is 9.33. The van der Waals surface area contributed by atoms with Crippen LogP contribution in [0.25, 0.3) is 0 Å². The first-order chi connectivity index (χ1) is 5.66. The lowest BCUT2D eigenvalue weighted by atomic mass is 10.2. The van der Waals surface area contributed by atoms with Crippen molar-refractivity contribution >= 4 is 0 Å². The summed E-state index contributed by atoms with van der Waals surface area (Å²) in [4.78, 5) is 0. The molecule has 0 rings (SSSR count). The average Bonchev–Trinajstić information content (AvgIpc) is 2.01. The Labute approximate surface area is 74.9 Å². The van der Waals surface area contributed by atoms with Gasteiger partial charge in [-0.3, -0.25) is 0 Å². The largest absolute Gasteiger partial charge is 0.391 e. The topological polar surface area (TPSA) is 29.5 Å². The van der Waals surface area contributed by atoms with E-state index in [-0.39, 0.29) is 12.2 Å². The highest BCUT2D eigenvalue weighted by Crippen LogP contribution is 2.01. The number of ether oxygens (including phenoxy) is 1. The second-order valence-electron chi connectivity index (χ2n) is 3.13. The van der Waals surface area contributed by atoms with Crippen molar-refractivity contribution < 1.29 is 9.84 Å². The van der Waals surface area contributed by atoms with Crippen molar-refractivity contribution in [1.29, 1.82) is 0 Å². The van der Waals surface area contributed by atoms with Crippen LogP contribution in [-0.4, -0.2) is 23.9 Å². The minimum atomic E-state index is -0.360. The summed E-state index contributed by atoms with van der Waals surface area (Å²) in [5, 5.41) is 9.33. The molecule has 0 spiro atoms. The maximum absolute atomic E-state index is 9.33. The molecule has 0 aliphatic rings. The smallest absolute Gasteiger partial charge is 0.0774 e. The van der Waals surface area contributed by atoms with E-state index in [1.807, 2.05) is 13.8 Å². The molecule has 0 fully saturated rings. The van der Waals surface area contributed by atoms with Gasteiger partial charge in [0.1, 0.15) is 0 Å². The lowest BCUT2D eigenvalue weighted by Gasteiger charge is -2.12. The van der Waals surface area contributed by atoms with Crippen molar-refractivity contribution in [2.24, 2.45) is 0 Å². The zero-order chi connectivity index (χ0) is 9.40. The van der Waals surface area contributed by atoms with E-state index in [4.69, 9.17) is 11.2 Å². The molecule has 2 heteroatoms. The molecular formula is C10H18O2. The molecule has 0 saturated heterocycles. The van der Waals surface area contributed by atoms with Crippen molar-refractivity contribution in [3.05, 3.63) is 0 Å². The van der Waals surface area contributed by atoms with Crippen LogP contribution in [0.1, 0.15) is 33.1 Å². The quantitative estimate of drug-likeness (QED) is 0.484. The molecular weight excluding hydrogens is 152 g/mol. The van der Waals surface area contributed by atoms with Gasteiger partial charge < -0.3 is 9.84 Å². The van der Waals surface area contributed by atoms with Gasteiger partial charge in [-0.2, -0.15) is 0 Å². The number of aliphatic hydroxyl groups excluding tert-OH is 1. The van der Waals surface area contributed by atoms with Gasteiger partial charge in [0.05, 0.1) is 18.8 Å². The first-order valence-corrected chi connectivity index (χ1v) is 4.40. The molecule has 0 aromatic rings. The fraction of sp³-hybridized carbons (Fsp3) is 0.800. The van der Waals surface area contributed by atoms with Crippen molar-refractivity contribution in [1.82, 2.24) is 0 Å². The minimum absolute atomic E-state index is 0.187. The van der Waals surface area contributed by atoms with Crippen LogP contribution in [0.3, 0.4) is 0 Å². The Kier molecular flexibility index (Phi) is 6.84. The van der Waals surface area contributed by atoms with Crippen LogP contribution < -0.4 is 0 Å². The molecule has 0 radical (unpaired) electrons. The van der Waals surface area contributed by atoms with Crippen molar-refractivity contribution in [3.8, 4) is 12.3 Å². The lowest BCUT2D eigenvalue weighted by Crippen LogP contribution is -2.18. The van der Waals surface area contributed by atoms with Crippen LogP contribution in [0.5, 0.6) is 0 Å². The maximum Gasteiger partial charge on any atom is 0.0774 e. The van der Waals surface area contributed by atoms with Crippen LogP contribution >= 0.6 is 0 Å².